The summed E-state index contributed by atoms with van der Waals surface area (Å²) in [5, 5.41) is 7.72. The molecule has 0 radical (unpaired) electrons. The number of carbonyl (C=O) groups is 1. The minimum Gasteiger partial charge on any atom is -0.483 e. The van der Waals surface area contributed by atoms with Gasteiger partial charge in [0.1, 0.15) is 5.75 Å². The lowest BCUT2D eigenvalue weighted by Gasteiger charge is -2.08. The Morgan fingerprint density at radius 2 is 2.05 bits per heavy atom. The third kappa shape index (κ3) is 3.19. The van der Waals surface area contributed by atoms with Crippen LogP contribution in [0.4, 0.5) is 0 Å². The Bertz CT molecular complexity index is 590. The van der Waals surface area contributed by atoms with Gasteiger partial charge in [0.15, 0.2) is 12.4 Å². The predicted molar refractivity (Wildman–Crippen MR) is 69.2 cm³/mol. The van der Waals surface area contributed by atoms with E-state index in [-0.39, 0.29) is 12.4 Å². The number of ketones is 1. The average molecular weight is 260 g/mol. The Balaban J connectivity index is 2.12. The van der Waals surface area contributed by atoms with Gasteiger partial charge < -0.3 is 9.15 Å². The van der Waals surface area contributed by atoms with Gasteiger partial charge in [0.25, 0.3) is 5.89 Å². The van der Waals surface area contributed by atoms with Gasteiger partial charge in [0.05, 0.1) is 5.56 Å². The van der Waals surface area contributed by atoms with Crippen LogP contribution in [0.5, 0.6) is 5.75 Å². The summed E-state index contributed by atoms with van der Waals surface area (Å²) in [4.78, 5) is 11.5. The second kappa shape index (κ2) is 5.65. The standard InChI is InChI=1S/C14H16N2O3/c1-4-13-15-16-14(19-13)8-18-12-6-5-9(2)7-11(12)10(3)17/h5-7H,4,8H2,1-3H3. The van der Waals surface area contributed by atoms with Crippen LogP contribution in [-0.4, -0.2) is 16.0 Å². The quantitative estimate of drug-likeness (QED) is 0.773. The molecule has 0 saturated heterocycles. The Hall–Kier alpha value is -2.17. The van der Waals surface area contributed by atoms with Crippen LogP contribution in [0.15, 0.2) is 22.6 Å². The molecular weight excluding hydrogens is 244 g/mol. The Morgan fingerprint density at radius 3 is 2.68 bits per heavy atom. The van der Waals surface area contributed by atoms with Crippen molar-refractivity contribution >= 4 is 5.78 Å². The molecule has 5 nitrogen and oxygen atoms in total. The Labute approximate surface area is 111 Å². The molecule has 0 aliphatic rings. The van der Waals surface area contributed by atoms with E-state index in [1.807, 2.05) is 26.0 Å². The smallest absolute Gasteiger partial charge is 0.253 e. The minimum absolute atomic E-state index is 0.0292. The van der Waals surface area contributed by atoms with E-state index in [2.05, 4.69) is 10.2 Å². The van der Waals surface area contributed by atoms with Gasteiger partial charge in [-0.25, -0.2) is 0 Å². The predicted octanol–water partition coefficient (Wildman–Crippen LogP) is 2.72. The van der Waals surface area contributed by atoms with Crippen molar-refractivity contribution in [2.45, 2.75) is 33.8 Å². The van der Waals surface area contributed by atoms with E-state index in [0.29, 0.717) is 29.5 Å². The topological polar surface area (TPSA) is 65.2 Å². The maximum Gasteiger partial charge on any atom is 0.253 e. The fourth-order valence-electron chi connectivity index (χ4n) is 1.67. The number of hydrogen-bond acceptors (Lipinski definition) is 5. The maximum atomic E-state index is 11.5. The van der Waals surface area contributed by atoms with Gasteiger partial charge >= 0.3 is 0 Å². The monoisotopic (exact) mass is 260 g/mol. The van der Waals surface area contributed by atoms with Crippen LogP contribution < -0.4 is 4.74 Å². The molecule has 0 atom stereocenters. The molecular formula is C14H16N2O3. The molecule has 0 amide bonds. The van der Waals surface area contributed by atoms with Gasteiger partial charge in [-0.3, -0.25) is 4.79 Å². The molecule has 1 heterocycles. The van der Waals surface area contributed by atoms with Crippen LogP contribution in [0.2, 0.25) is 0 Å². The van der Waals surface area contributed by atoms with Crippen LogP contribution >= 0.6 is 0 Å². The summed E-state index contributed by atoms with van der Waals surface area (Å²) >= 11 is 0. The number of aromatic nitrogens is 2. The molecule has 5 heteroatoms. The molecule has 0 saturated carbocycles. The lowest BCUT2D eigenvalue weighted by molar-refractivity contribution is 0.101. The van der Waals surface area contributed by atoms with E-state index in [0.717, 1.165) is 5.56 Å². The van der Waals surface area contributed by atoms with Gasteiger partial charge in [-0.2, -0.15) is 0 Å². The number of benzene rings is 1. The number of hydrogen-bond donors (Lipinski definition) is 0. The second-order valence-electron chi connectivity index (χ2n) is 4.29. The first kappa shape index (κ1) is 13.3. The molecule has 2 rings (SSSR count). The van der Waals surface area contributed by atoms with Crippen LogP contribution in [0.25, 0.3) is 0 Å². The van der Waals surface area contributed by atoms with Crippen LogP contribution in [0, 0.1) is 6.92 Å². The van der Waals surface area contributed by atoms with Crippen molar-refractivity contribution in [3.8, 4) is 5.75 Å². The summed E-state index contributed by atoms with van der Waals surface area (Å²) in [7, 11) is 0. The molecule has 2 aromatic rings. The van der Waals surface area contributed by atoms with Gasteiger partial charge in [-0.1, -0.05) is 18.6 Å². The van der Waals surface area contributed by atoms with Crippen molar-refractivity contribution < 1.29 is 13.9 Å². The molecule has 0 aliphatic carbocycles. The minimum atomic E-state index is -0.0292. The number of Topliss-reactive ketones (excluding diaryl/α,β-unsaturated/α-hetero) is 1. The lowest BCUT2D eigenvalue weighted by Crippen LogP contribution is -2.02. The van der Waals surface area contributed by atoms with Crippen LogP contribution in [-0.2, 0) is 13.0 Å². The van der Waals surface area contributed by atoms with Crippen molar-refractivity contribution in [2.75, 3.05) is 0 Å². The normalized spacial score (nSPS) is 10.5. The molecule has 100 valence electrons. The summed E-state index contributed by atoms with van der Waals surface area (Å²) in [5.41, 5.74) is 1.58. The molecule has 0 N–H and O–H groups in total. The fourth-order valence-corrected chi connectivity index (χ4v) is 1.67. The van der Waals surface area contributed by atoms with E-state index in [9.17, 15) is 4.79 Å². The Morgan fingerprint density at radius 1 is 1.32 bits per heavy atom. The number of nitrogens with zero attached hydrogens (tertiary/aromatic N) is 2. The molecule has 0 unspecified atom stereocenters. The molecule has 1 aromatic carbocycles. The van der Waals surface area contributed by atoms with E-state index in [4.69, 9.17) is 9.15 Å². The van der Waals surface area contributed by atoms with Gasteiger partial charge in [-0.05, 0) is 26.0 Å². The third-order valence-corrected chi connectivity index (χ3v) is 2.68. The highest BCUT2D eigenvalue weighted by Gasteiger charge is 2.11. The third-order valence-electron chi connectivity index (χ3n) is 2.68. The zero-order chi connectivity index (χ0) is 13.8. The summed E-state index contributed by atoms with van der Waals surface area (Å²) < 4.78 is 10.9. The highest BCUT2D eigenvalue weighted by molar-refractivity contribution is 5.97. The first-order chi connectivity index (χ1) is 9.10. The number of aryl methyl sites for hydroxylation is 2. The molecule has 0 bridgehead atoms. The first-order valence-electron chi connectivity index (χ1n) is 6.15. The van der Waals surface area contributed by atoms with E-state index in [1.165, 1.54) is 6.92 Å². The van der Waals surface area contributed by atoms with E-state index >= 15 is 0 Å². The first-order valence-corrected chi connectivity index (χ1v) is 6.15. The number of carbonyl (C=O) groups excluding carboxylic acids is 1. The van der Waals surface area contributed by atoms with Crippen LogP contribution in [0.1, 0.15) is 41.6 Å². The number of rotatable bonds is 5. The largest absolute Gasteiger partial charge is 0.483 e. The fraction of sp³-hybridized carbons (Fsp3) is 0.357. The SMILES string of the molecule is CCc1nnc(COc2ccc(C)cc2C(C)=O)o1. The average Bonchev–Trinajstić information content (AvgIpc) is 2.85. The zero-order valence-corrected chi connectivity index (χ0v) is 11.3. The van der Waals surface area contributed by atoms with Crippen molar-refractivity contribution in [2.24, 2.45) is 0 Å². The highest BCUT2D eigenvalue weighted by Crippen LogP contribution is 2.21. The molecule has 0 aliphatic heterocycles. The highest BCUT2D eigenvalue weighted by atomic mass is 16.5. The van der Waals surface area contributed by atoms with E-state index in [1.54, 1.807) is 6.07 Å². The maximum absolute atomic E-state index is 11.5. The van der Waals surface area contributed by atoms with Gasteiger partial charge in [0.2, 0.25) is 5.89 Å². The number of ether oxygens (including phenoxy) is 1. The van der Waals surface area contributed by atoms with Gasteiger partial charge in [0, 0.05) is 6.42 Å². The second-order valence-corrected chi connectivity index (χ2v) is 4.29. The van der Waals surface area contributed by atoms with Crippen molar-refractivity contribution in [1.29, 1.82) is 0 Å². The molecule has 19 heavy (non-hydrogen) atoms. The van der Waals surface area contributed by atoms with Crippen molar-refractivity contribution in [3.05, 3.63) is 41.1 Å². The van der Waals surface area contributed by atoms with Crippen molar-refractivity contribution in [3.63, 3.8) is 0 Å². The zero-order valence-electron chi connectivity index (χ0n) is 11.3. The molecule has 0 fully saturated rings. The summed E-state index contributed by atoms with van der Waals surface area (Å²) in [6, 6.07) is 5.49. The molecule has 0 spiro atoms. The van der Waals surface area contributed by atoms with Crippen LogP contribution in [0.3, 0.4) is 0 Å². The Kier molecular flexibility index (Phi) is 3.94. The lowest BCUT2D eigenvalue weighted by atomic mass is 10.1. The molecule has 1 aromatic heterocycles. The van der Waals surface area contributed by atoms with Gasteiger partial charge in [-0.15, -0.1) is 10.2 Å². The van der Waals surface area contributed by atoms with Crippen molar-refractivity contribution in [1.82, 2.24) is 10.2 Å². The summed E-state index contributed by atoms with van der Waals surface area (Å²) in [6.07, 6.45) is 0.691. The van der Waals surface area contributed by atoms with E-state index < -0.39 is 0 Å². The summed E-state index contributed by atoms with van der Waals surface area (Å²) in [5.74, 6) is 1.49. The summed E-state index contributed by atoms with van der Waals surface area (Å²) in [6.45, 7) is 5.55.